The van der Waals surface area contributed by atoms with Gasteiger partial charge in [-0.2, -0.15) is 0 Å². The second-order valence-electron chi connectivity index (χ2n) is 4.06. The van der Waals surface area contributed by atoms with E-state index in [9.17, 15) is 9.90 Å². The van der Waals surface area contributed by atoms with Crippen molar-refractivity contribution >= 4 is 5.91 Å². The molecule has 1 amide bonds. The molecule has 0 bridgehead atoms. The van der Waals surface area contributed by atoms with Gasteiger partial charge >= 0.3 is 0 Å². The summed E-state index contributed by atoms with van der Waals surface area (Å²) in [4.78, 5) is 19.1. The molecule has 0 spiro atoms. The molecule has 0 saturated carbocycles. The Balaban J connectivity index is 2.48. The molecule has 16 heavy (non-hydrogen) atoms. The van der Waals surface area contributed by atoms with Crippen molar-refractivity contribution in [2.24, 2.45) is 0 Å². The Kier molecular flexibility index (Phi) is 4.37. The van der Waals surface area contributed by atoms with E-state index in [1.54, 1.807) is 6.92 Å². The second kappa shape index (κ2) is 5.55. The van der Waals surface area contributed by atoms with E-state index in [0.717, 1.165) is 6.42 Å². The predicted octanol–water partition coefficient (Wildman–Crippen LogP) is 0.757. The van der Waals surface area contributed by atoms with E-state index < -0.39 is 5.60 Å². The van der Waals surface area contributed by atoms with Gasteiger partial charge in [-0.3, -0.25) is 4.79 Å². The minimum atomic E-state index is -0.861. The normalized spacial score (nSPS) is 14.2. The molecule has 1 rings (SSSR count). The van der Waals surface area contributed by atoms with E-state index in [1.165, 1.54) is 18.7 Å². The van der Waals surface area contributed by atoms with Crippen LogP contribution in [0.1, 0.15) is 37.0 Å². The first-order valence-corrected chi connectivity index (χ1v) is 5.31. The Bertz CT molecular complexity index is 338. The first-order valence-electron chi connectivity index (χ1n) is 5.31. The molecule has 1 unspecified atom stereocenters. The van der Waals surface area contributed by atoms with Gasteiger partial charge in [0.15, 0.2) is 0 Å². The van der Waals surface area contributed by atoms with Crippen LogP contribution in [-0.2, 0) is 0 Å². The third-order valence-electron chi connectivity index (χ3n) is 2.24. The van der Waals surface area contributed by atoms with Gasteiger partial charge < -0.3 is 10.4 Å². The summed E-state index contributed by atoms with van der Waals surface area (Å²) >= 11 is 0. The van der Waals surface area contributed by atoms with Crippen LogP contribution in [0.4, 0.5) is 0 Å². The van der Waals surface area contributed by atoms with E-state index in [0.29, 0.717) is 12.0 Å². The van der Waals surface area contributed by atoms with Gasteiger partial charge in [-0.25, -0.2) is 9.97 Å². The number of carbonyl (C=O) groups excluding carboxylic acids is 1. The first-order chi connectivity index (χ1) is 7.55. The van der Waals surface area contributed by atoms with Gasteiger partial charge in [0.25, 0.3) is 5.91 Å². The van der Waals surface area contributed by atoms with Crippen molar-refractivity contribution in [3.05, 3.63) is 24.3 Å². The molecule has 0 aliphatic carbocycles. The van der Waals surface area contributed by atoms with Crippen molar-refractivity contribution in [1.82, 2.24) is 15.3 Å². The maximum atomic E-state index is 11.6. The molecule has 0 saturated heterocycles. The highest BCUT2D eigenvalue weighted by molar-refractivity contribution is 5.93. The Morgan fingerprint density at radius 2 is 2.12 bits per heavy atom. The van der Waals surface area contributed by atoms with Crippen LogP contribution >= 0.6 is 0 Å². The summed E-state index contributed by atoms with van der Waals surface area (Å²) in [6.45, 7) is 3.92. The summed E-state index contributed by atoms with van der Waals surface area (Å²) in [5.74, 6) is -0.267. The van der Waals surface area contributed by atoms with E-state index in [1.807, 2.05) is 6.92 Å². The van der Waals surface area contributed by atoms with Crippen molar-refractivity contribution in [1.29, 1.82) is 0 Å². The van der Waals surface area contributed by atoms with Crippen molar-refractivity contribution in [3.8, 4) is 0 Å². The molecule has 0 fully saturated rings. The van der Waals surface area contributed by atoms with Crippen molar-refractivity contribution < 1.29 is 9.90 Å². The van der Waals surface area contributed by atoms with Crippen molar-refractivity contribution in [3.63, 3.8) is 0 Å². The maximum Gasteiger partial charge on any atom is 0.254 e. The zero-order chi connectivity index (χ0) is 12.0. The molecule has 0 aliphatic heterocycles. The van der Waals surface area contributed by atoms with Crippen LogP contribution in [0, 0.1) is 0 Å². The van der Waals surface area contributed by atoms with Gasteiger partial charge in [0.2, 0.25) is 0 Å². The van der Waals surface area contributed by atoms with Gasteiger partial charge in [0.1, 0.15) is 6.33 Å². The Morgan fingerprint density at radius 3 is 2.69 bits per heavy atom. The first kappa shape index (κ1) is 12.6. The number of aliphatic hydroxyl groups is 1. The van der Waals surface area contributed by atoms with Crippen molar-refractivity contribution in [2.45, 2.75) is 32.3 Å². The lowest BCUT2D eigenvalue weighted by Gasteiger charge is -2.22. The standard InChI is InChI=1S/C11H17N3O2/c1-3-4-11(2,16)7-14-10(15)9-5-12-8-13-6-9/h5-6,8,16H,3-4,7H2,1-2H3,(H,14,15). The highest BCUT2D eigenvalue weighted by Crippen LogP contribution is 2.10. The summed E-state index contributed by atoms with van der Waals surface area (Å²) in [6, 6.07) is 0. The number of aromatic nitrogens is 2. The fourth-order valence-electron chi connectivity index (χ4n) is 1.42. The Hall–Kier alpha value is -1.49. The molecule has 1 aromatic heterocycles. The summed E-state index contributed by atoms with van der Waals surface area (Å²) in [5.41, 5.74) is -0.463. The molecule has 2 N–H and O–H groups in total. The van der Waals surface area contributed by atoms with Crippen LogP contribution in [-0.4, -0.2) is 33.1 Å². The van der Waals surface area contributed by atoms with E-state index in [-0.39, 0.29) is 12.5 Å². The topological polar surface area (TPSA) is 75.1 Å². The number of rotatable bonds is 5. The minimum absolute atomic E-state index is 0.231. The maximum absolute atomic E-state index is 11.6. The average Bonchev–Trinajstić information content (AvgIpc) is 2.27. The lowest BCUT2D eigenvalue weighted by atomic mass is 10.0. The number of hydrogen-bond acceptors (Lipinski definition) is 4. The van der Waals surface area contributed by atoms with Gasteiger partial charge in [-0.05, 0) is 13.3 Å². The van der Waals surface area contributed by atoms with Crippen LogP contribution in [0.25, 0.3) is 0 Å². The SMILES string of the molecule is CCCC(C)(O)CNC(=O)c1cncnc1. The van der Waals surface area contributed by atoms with Gasteiger partial charge in [0.05, 0.1) is 11.2 Å². The number of carbonyl (C=O) groups is 1. The Labute approximate surface area is 94.9 Å². The smallest absolute Gasteiger partial charge is 0.254 e. The lowest BCUT2D eigenvalue weighted by molar-refractivity contribution is 0.0469. The van der Waals surface area contributed by atoms with Crippen LogP contribution in [0.2, 0.25) is 0 Å². The molecular formula is C11H17N3O2. The summed E-state index contributed by atoms with van der Waals surface area (Å²) in [5, 5.41) is 12.5. The van der Waals surface area contributed by atoms with Crippen LogP contribution in [0.15, 0.2) is 18.7 Å². The highest BCUT2D eigenvalue weighted by atomic mass is 16.3. The minimum Gasteiger partial charge on any atom is -0.388 e. The average molecular weight is 223 g/mol. The summed E-state index contributed by atoms with van der Waals surface area (Å²) in [7, 11) is 0. The fourth-order valence-corrected chi connectivity index (χ4v) is 1.42. The molecule has 5 heteroatoms. The number of hydrogen-bond donors (Lipinski definition) is 2. The number of nitrogens with zero attached hydrogens (tertiary/aromatic N) is 2. The summed E-state index contributed by atoms with van der Waals surface area (Å²) < 4.78 is 0. The third-order valence-corrected chi connectivity index (χ3v) is 2.24. The molecule has 1 heterocycles. The number of nitrogens with one attached hydrogen (secondary N) is 1. The summed E-state index contributed by atoms with van der Waals surface area (Å²) in [6.07, 6.45) is 5.77. The monoisotopic (exact) mass is 223 g/mol. The molecule has 88 valence electrons. The van der Waals surface area contributed by atoms with Crippen LogP contribution in [0.5, 0.6) is 0 Å². The van der Waals surface area contributed by atoms with E-state index in [4.69, 9.17) is 0 Å². The van der Waals surface area contributed by atoms with Crippen LogP contribution in [0.3, 0.4) is 0 Å². The van der Waals surface area contributed by atoms with Crippen LogP contribution < -0.4 is 5.32 Å². The van der Waals surface area contributed by atoms with Crippen molar-refractivity contribution in [2.75, 3.05) is 6.54 Å². The molecule has 0 radical (unpaired) electrons. The largest absolute Gasteiger partial charge is 0.388 e. The van der Waals surface area contributed by atoms with Gasteiger partial charge in [-0.15, -0.1) is 0 Å². The lowest BCUT2D eigenvalue weighted by Crippen LogP contribution is -2.40. The van der Waals surface area contributed by atoms with Gasteiger partial charge in [0, 0.05) is 18.9 Å². The molecule has 0 aliphatic rings. The third kappa shape index (κ3) is 3.94. The highest BCUT2D eigenvalue weighted by Gasteiger charge is 2.20. The molecule has 1 aromatic rings. The van der Waals surface area contributed by atoms with E-state index >= 15 is 0 Å². The Morgan fingerprint density at radius 1 is 1.50 bits per heavy atom. The zero-order valence-electron chi connectivity index (χ0n) is 9.60. The number of amides is 1. The zero-order valence-corrected chi connectivity index (χ0v) is 9.60. The molecule has 0 aromatic carbocycles. The fraction of sp³-hybridized carbons (Fsp3) is 0.545. The second-order valence-corrected chi connectivity index (χ2v) is 4.06. The molecule has 1 atom stereocenters. The predicted molar refractivity (Wildman–Crippen MR) is 59.9 cm³/mol. The van der Waals surface area contributed by atoms with Gasteiger partial charge in [-0.1, -0.05) is 13.3 Å². The molecular weight excluding hydrogens is 206 g/mol. The molecule has 5 nitrogen and oxygen atoms in total. The quantitative estimate of drug-likeness (QED) is 0.772. The van der Waals surface area contributed by atoms with E-state index in [2.05, 4.69) is 15.3 Å².